The molecule has 92 valence electrons. The molecule has 2 rings (SSSR count). The molecular formula is C13H20N4. The number of anilines is 1. The van der Waals surface area contributed by atoms with E-state index in [0.717, 1.165) is 17.8 Å². The maximum atomic E-state index is 5.64. The molecule has 4 heteroatoms. The van der Waals surface area contributed by atoms with Crippen molar-refractivity contribution in [2.45, 2.75) is 34.1 Å². The Hall–Kier alpha value is -1.58. The maximum absolute atomic E-state index is 5.64. The monoisotopic (exact) mass is 232 g/mol. The molecule has 1 atom stereocenters. The van der Waals surface area contributed by atoms with Gasteiger partial charge in [0.1, 0.15) is 11.6 Å². The molecular weight excluding hydrogens is 212 g/mol. The third kappa shape index (κ3) is 2.57. The first kappa shape index (κ1) is 11.9. The van der Waals surface area contributed by atoms with Gasteiger partial charge in [-0.3, -0.25) is 0 Å². The van der Waals surface area contributed by atoms with Crippen molar-refractivity contribution in [2.75, 3.05) is 5.73 Å². The van der Waals surface area contributed by atoms with Crippen molar-refractivity contribution in [1.82, 2.24) is 15.0 Å². The Kier molecular flexibility index (Phi) is 2.81. The largest absolute Gasteiger partial charge is 0.384 e. The number of imidazole rings is 1. The summed E-state index contributed by atoms with van der Waals surface area (Å²) in [5, 5.41) is 0. The molecule has 0 amide bonds. The second-order valence-corrected chi connectivity index (χ2v) is 5.76. The van der Waals surface area contributed by atoms with Crippen molar-refractivity contribution in [3.63, 3.8) is 0 Å². The second-order valence-electron chi connectivity index (χ2n) is 5.76. The Morgan fingerprint density at radius 3 is 2.65 bits per heavy atom. The van der Waals surface area contributed by atoms with Crippen LogP contribution in [0.4, 0.5) is 5.82 Å². The lowest BCUT2D eigenvalue weighted by atomic mass is 9.80. The van der Waals surface area contributed by atoms with E-state index in [4.69, 9.17) is 5.73 Å². The Morgan fingerprint density at radius 2 is 2.00 bits per heavy atom. The molecule has 0 spiro atoms. The summed E-state index contributed by atoms with van der Waals surface area (Å²) in [5.74, 6) is 2.06. The number of pyridine rings is 1. The number of rotatable bonds is 2. The highest BCUT2D eigenvalue weighted by molar-refractivity contribution is 5.72. The quantitative estimate of drug-likeness (QED) is 0.836. The van der Waals surface area contributed by atoms with Gasteiger partial charge < -0.3 is 10.7 Å². The summed E-state index contributed by atoms with van der Waals surface area (Å²) in [5.41, 5.74) is 7.59. The van der Waals surface area contributed by atoms with E-state index in [1.54, 1.807) is 6.07 Å². The fourth-order valence-corrected chi connectivity index (χ4v) is 1.65. The van der Waals surface area contributed by atoms with Crippen LogP contribution in [0.25, 0.3) is 11.2 Å². The number of aromatic nitrogens is 3. The van der Waals surface area contributed by atoms with Crippen LogP contribution in [-0.4, -0.2) is 15.0 Å². The maximum Gasteiger partial charge on any atom is 0.179 e. The molecule has 0 aromatic carbocycles. The lowest BCUT2D eigenvalue weighted by Gasteiger charge is -2.26. The standard InChI is InChI=1S/C13H20N4/c1-8(13(2,3)4)7-11-15-9-5-6-10(14)16-12(9)17-11/h5-6,8H,7H2,1-4H3,(H3,14,15,16,17). The summed E-state index contributed by atoms with van der Waals surface area (Å²) in [6, 6.07) is 3.72. The molecule has 0 bridgehead atoms. The van der Waals surface area contributed by atoms with Crippen LogP contribution in [0.2, 0.25) is 0 Å². The van der Waals surface area contributed by atoms with E-state index in [0.29, 0.717) is 17.4 Å². The van der Waals surface area contributed by atoms with Crippen LogP contribution in [0.3, 0.4) is 0 Å². The van der Waals surface area contributed by atoms with E-state index in [1.165, 1.54) is 0 Å². The normalized spacial score (nSPS) is 14.1. The molecule has 4 nitrogen and oxygen atoms in total. The third-order valence-corrected chi connectivity index (χ3v) is 3.39. The van der Waals surface area contributed by atoms with Gasteiger partial charge in [0.25, 0.3) is 0 Å². The van der Waals surface area contributed by atoms with Gasteiger partial charge in [0, 0.05) is 6.42 Å². The molecule has 0 saturated heterocycles. The van der Waals surface area contributed by atoms with Crippen molar-refractivity contribution < 1.29 is 0 Å². The Balaban J connectivity index is 2.25. The van der Waals surface area contributed by atoms with Gasteiger partial charge in [-0.1, -0.05) is 27.7 Å². The van der Waals surface area contributed by atoms with E-state index in [9.17, 15) is 0 Å². The lowest BCUT2D eigenvalue weighted by Crippen LogP contribution is -2.19. The average molecular weight is 232 g/mol. The van der Waals surface area contributed by atoms with Crippen LogP contribution in [0, 0.1) is 11.3 Å². The molecule has 0 aliphatic rings. The first-order chi connectivity index (χ1) is 7.86. The van der Waals surface area contributed by atoms with Gasteiger partial charge in [0.15, 0.2) is 5.65 Å². The minimum absolute atomic E-state index is 0.283. The summed E-state index contributed by atoms with van der Waals surface area (Å²) >= 11 is 0. The molecule has 0 fully saturated rings. The van der Waals surface area contributed by atoms with Crippen molar-refractivity contribution in [3.05, 3.63) is 18.0 Å². The van der Waals surface area contributed by atoms with Gasteiger partial charge in [-0.15, -0.1) is 0 Å². The van der Waals surface area contributed by atoms with Gasteiger partial charge in [0.05, 0.1) is 5.52 Å². The van der Waals surface area contributed by atoms with Crippen LogP contribution in [0.1, 0.15) is 33.5 Å². The molecule has 17 heavy (non-hydrogen) atoms. The highest BCUT2D eigenvalue weighted by Crippen LogP contribution is 2.28. The van der Waals surface area contributed by atoms with Crippen LogP contribution < -0.4 is 5.73 Å². The van der Waals surface area contributed by atoms with Gasteiger partial charge in [0.2, 0.25) is 0 Å². The van der Waals surface area contributed by atoms with Crippen LogP contribution in [-0.2, 0) is 6.42 Å². The first-order valence-electron chi connectivity index (χ1n) is 5.97. The fourth-order valence-electron chi connectivity index (χ4n) is 1.65. The van der Waals surface area contributed by atoms with Gasteiger partial charge >= 0.3 is 0 Å². The van der Waals surface area contributed by atoms with Crippen molar-refractivity contribution in [1.29, 1.82) is 0 Å². The molecule has 0 saturated carbocycles. The molecule has 2 aromatic rings. The molecule has 3 N–H and O–H groups in total. The number of nitrogen functional groups attached to an aromatic ring is 1. The topological polar surface area (TPSA) is 67.6 Å². The summed E-state index contributed by atoms with van der Waals surface area (Å²) < 4.78 is 0. The number of nitrogens with one attached hydrogen (secondary N) is 1. The number of H-pyrrole nitrogens is 1. The Labute approximate surface area is 102 Å². The second kappa shape index (κ2) is 4.02. The smallest absolute Gasteiger partial charge is 0.179 e. The van der Waals surface area contributed by atoms with E-state index in [1.807, 2.05) is 6.07 Å². The lowest BCUT2D eigenvalue weighted by molar-refractivity contribution is 0.257. The summed E-state index contributed by atoms with van der Waals surface area (Å²) in [6.07, 6.45) is 0.930. The fraction of sp³-hybridized carbons (Fsp3) is 0.538. The molecule has 0 radical (unpaired) electrons. The summed E-state index contributed by atoms with van der Waals surface area (Å²) in [7, 11) is 0. The first-order valence-corrected chi connectivity index (χ1v) is 5.97. The van der Waals surface area contributed by atoms with Crippen molar-refractivity contribution in [3.8, 4) is 0 Å². The number of hydrogen-bond acceptors (Lipinski definition) is 3. The van der Waals surface area contributed by atoms with Gasteiger partial charge in [-0.05, 0) is 23.5 Å². The van der Waals surface area contributed by atoms with Gasteiger partial charge in [-0.2, -0.15) is 0 Å². The summed E-state index contributed by atoms with van der Waals surface area (Å²) in [6.45, 7) is 8.98. The zero-order valence-electron chi connectivity index (χ0n) is 10.9. The number of nitrogens with two attached hydrogens (primary N) is 1. The minimum atomic E-state index is 0.283. The third-order valence-electron chi connectivity index (χ3n) is 3.39. The van der Waals surface area contributed by atoms with Crippen molar-refractivity contribution >= 4 is 17.0 Å². The molecule has 0 aliphatic carbocycles. The van der Waals surface area contributed by atoms with E-state index >= 15 is 0 Å². The van der Waals surface area contributed by atoms with E-state index in [-0.39, 0.29) is 5.41 Å². The number of aromatic amines is 1. The highest BCUT2D eigenvalue weighted by Gasteiger charge is 2.21. The number of hydrogen-bond donors (Lipinski definition) is 2. The highest BCUT2D eigenvalue weighted by atomic mass is 15.0. The zero-order chi connectivity index (χ0) is 12.6. The molecule has 2 aromatic heterocycles. The Morgan fingerprint density at radius 1 is 1.29 bits per heavy atom. The van der Waals surface area contributed by atoms with Gasteiger partial charge in [-0.25, -0.2) is 9.97 Å². The van der Waals surface area contributed by atoms with E-state index < -0.39 is 0 Å². The van der Waals surface area contributed by atoms with Crippen LogP contribution in [0.15, 0.2) is 12.1 Å². The average Bonchev–Trinajstić information content (AvgIpc) is 2.57. The number of fused-ring (bicyclic) bond motifs is 1. The number of nitrogens with zero attached hydrogens (tertiary/aromatic N) is 2. The molecule has 1 unspecified atom stereocenters. The Bertz CT molecular complexity index is 522. The zero-order valence-corrected chi connectivity index (χ0v) is 10.9. The summed E-state index contributed by atoms with van der Waals surface area (Å²) in [4.78, 5) is 12.0. The van der Waals surface area contributed by atoms with Crippen LogP contribution in [0.5, 0.6) is 0 Å². The minimum Gasteiger partial charge on any atom is -0.384 e. The van der Waals surface area contributed by atoms with Crippen molar-refractivity contribution in [2.24, 2.45) is 11.3 Å². The van der Waals surface area contributed by atoms with Crippen LogP contribution >= 0.6 is 0 Å². The molecule has 0 aliphatic heterocycles. The van der Waals surface area contributed by atoms with E-state index in [2.05, 4.69) is 42.6 Å². The molecule has 2 heterocycles. The SMILES string of the molecule is CC(Cc1nc2nc(N)ccc2[nH]1)C(C)(C)C. The predicted molar refractivity (Wildman–Crippen MR) is 70.6 cm³/mol. The predicted octanol–water partition coefficient (Wildman–Crippen LogP) is 2.76.